The van der Waals surface area contributed by atoms with Crippen LogP contribution in [0, 0.1) is 0 Å². The highest BCUT2D eigenvalue weighted by Gasteiger charge is 2.21. The molecule has 0 radical (unpaired) electrons. The van der Waals surface area contributed by atoms with Gasteiger partial charge in [0, 0.05) is 11.8 Å². The summed E-state index contributed by atoms with van der Waals surface area (Å²) in [5, 5.41) is 5.05. The predicted molar refractivity (Wildman–Crippen MR) is 138 cm³/mol. The van der Waals surface area contributed by atoms with Crippen LogP contribution in [0.25, 0.3) is 21.8 Å². The zero-order valence-corrected chi connectivity index (χ0v) is 21.1. The monoisotopic (exact) mass is 496 g/mol. The van der Waals surface area contributed by atoms with Gasteiger partial charge in [0.05, 0.1) is 30.3 Å². The van der Waals surface area contributed by atoms with E-state index >= 15 is 0 Å². The number of esters is 1. The summed E-state index contributed by atoms with van der Waals surface area (Å²) < 4.78 is 4.90. The maximum absolute atomic E-state index is 12.5. The highest BCUT2D eigenvalue weighted by Crippen LogP contribution is 2.27. The number of hydroxylamine groups is 1. The number of carbonyl (C=O) groups is 3. The van der Waals surface area contributed by atoms with Gasteiger partial charge in [0.1, 0.15) is 12.2 Å². The van der Waals surface area contributed by atoms with E-state index < -0.39 is 17.9 Å². The van der Waals surface area contributed by atoms with Crippen molar-refractivity contribution in [3.63, 3.8) is 0 Å². The molecule has 194 valence electrons. The van der Waals surface area contributed by atoms with Crippen molar-refractivity contribution >= 4 is 39.6 Å². The average molecular weight is 497 g/mol. The minimum atomic E-state index is -0.559. The van der Waals surface area contributed by atoms with Gasteiger partial charge in [-0.25, -0.2) is 10.5 Å². The molecule has 1 aromatic heterocycles. The van der Waals surface area contributed by atoms with Crippen molar-refractivity contribution in [2.24, 2.45) is 0 Å². The fourth-order valence-electron chi connectivity index (χ4n) is 4.00. The number of nitrogens with zero attached hydrogens (tertiary/aromatic N) is 1. The molecule has 0 bridgehead atoms. The van der Waals surface area contributed by atoms with E-state index in [0.29, 0.717) is 31.7 Å². The van der Waals surface area contributed by atoms with Crippen molar-refractivity contribution < 1.29 is 24.0 Å². The number of carbonyl (C=O) groups excluding carboxylic acids is 3. The first kappa shape index (κ1) is 27.1. The average Bonchev–Trinajstić information content (AvgIpc) is 3.31. The molecule has 2 aromatic carbocycles. The molecule has 9 heteroatoms. The van der Waals surface area contributed by atoms with E-state index in [1.165, 1.54) is 0 Å². The lowest BCUT2D eigenvalue weighted by atomic mass is 10.1. The standard InChI is InChI=1S/C27H36N4O5/c1-3-5-17-36-31-23(32)14-8-6-7-13-22(28-24(33)18-25(34)35-4-2)27-29-21-16-15-19-11-9-10-12-20(19)26(21)30-27/h9-12,15-16,22H,3-8,13-14,17-18H2,1-2H3,(H,28,33)(H,29,30)(H,31,32)/t22-/m0/s1. The fraction of sp³-hybridized carbons (Fsp3) is 0.481. The van der Waals surface area contributed by atoms with Gasteiger partial charge in [-0.3, -0.25) is 19.2 Å². The van der Waals surface area contributed by atoms with Crippen molar-refractivity contribution in [2.45, 2.75) is 71.3 Å². The largest absolute Gasteiger partial charge is 0.466 e. The van der Waals surface area contributed by atoms with Gasteiger partial charge in [-0.15, -0.1) is 0 Å². The van der Waals surface area contributed by atoms with Crippen molar-refractivity contribution in [3.05, 3.63) is 42.2 Å². The lowest BCUT2D eigenvalue weighted by Gasteiger charge is -2.16. The summed E-state index contributed by atoms with van der Waals surface area (Å²) in [5.41, 5.74) is 4.20. The number of aromatic nitrogens is 2. The molecule has 1 atom stereocenters. The van der Waals surface area contributed by atoms with Crippen LogP contribution in [0.4, 0.5) is 0 Å². The normalized spacial score (nSPS) is 11.9. The number of H-pyrrole nitrogens is 1. The Morgan fingerprint density at radius 1 is 1.00 bits per heavy atom. The predicted octanol–water partition coefficient (Wildman–Crippen LogP) is 4.63. The Morgan fingerprint density at radius 3 is 2.64 bits per heavy atom. The zero-order chi connectivity index (χ0) is 25.8. The first-order valence-corrected chi connectivity index (χ1v) is 12.7. The minimum Gasteiger partial charge on any atom is -0.466 e. The smallest absolute Gasteiger partial charge is 0.315 e. The maximum atomic E-state index is 12.5. The number of fused-ring (bicyclic) bond motifs is 3. The number of unbranched alkanes of at least 4 members (excludes halogenated alkanes) is 3. The van der Waals surface area contributed by atoms with E-state index in [9.17, 15) is 14.4 Å². The Kier molecular flexibility index (Phi) is 10.7. The van der Waals surface area contributed by atoms with Crippen LogP contribution in [-0.2, 0) is 24.0 Å². The van der Waals surface area contributed by atoms with Gasteiger partial charge in [-0.1, -0.05) is 56.5 Å². The van der Waals surface area contributed by atoms with Crippen molar-refractivity contribution in [2.75, 3.05) is 13.2 Å². The van der Waals surface area contributed by atoms with E-state index in [2.05, 4.69) is 22.7 Å². The van der Waals surface area contributed by atoms with Gasteiger partial charge < -0.3 is 15.0 Å². The van der Waals surface area contributed by atoms with Crippen LogP contribution in [-0.4, -0.2) is 41.0 Å². The molecular weight excluding hydrogens is 460 g/mol. The van der Waals surface area contributed by atoms with Gasteiger partial charge in [0.25, 0.3) is 0 Å². The Bertz CT molecular complexity index is 1160. The van der Waals surface area contributed by atoms with Crippen LogP contribution in [0.5, 0.6) is 0 Å². The molecule has 3 aromatic rings. The summed E-state index contributed by atoms with van der Waals surface area (Å²) in [4.78, 5) is 49.5. The molecule has 0 spiro atoms. The number of benzene rings is 2. The Morgan fingerprint density at radius 2 is 1.83 bits per heavy atom. The topological polar surface area (TPSA) is 122 Å². The first-order chi connectivity index (χ1) is 17.5. The quantitative estimate of drug-likeness (QED) is 0.122. The van der Waals surface area contributed by atoms with Gasteiger partial charge >= 0.3 is 5.97 Å². The summed E-state index contributed by atoms with van der Waals surface area (Å²) in [6, 6.07) is 11.6. The SMILES string of the molecule is CCCCONC(=O)CCCCC[C@H](NC(=O)CC(=O)OCC)c1nc2c(ccc3ccccc32)[nH]1. The fourth-order valence-corrected chi connectivity index (χ4v) is 4.00. The lowest BCUT2D eigenvalue weighted by Crippen LogP contribution is -2.31. The van der Waals surface area contributed by atoms with Gasteiger partial charge in [0.2, 0.25) is 11.8 Å². The minimum absolute atomic E-state index is 0.130. The molecule has 3 rings (SSSR count). The molecule has 0 aliphatic carbocycles. The molecule has 3 N–H and O–H groups in total. The van der Waals surface area contributed by atoms with Gasteiger partial charge in [-0.05, 0) is 37.6 Å². The van der Waals surface area contributed by atoms with Crippen LogP contribution >= 0.6 is 0 Å². The third-order valence-electron chi connectivity index (χ3n) is 5.85. The van der Waals surface area contributed by atoms with Crippen LogP contribution in [0.15, 0.2) is 36.4 Å². The first-order valence-electron chi connectivity index (χ1n) is 12.7. The van der Waals surface area contributed by atoms with Crippen molar-refractivity contribution in [3.8, 4) is 0 Å². The molecule has 0 saturated carbocycles. The molecule has 9 nitrogen and oxygen atoms in total. The summed E-state index contributed by atoms with van der Waals surface area (Å²) in [7, 11) is 0. The molecular formula is C27H36N4O5. The van der Waals surface area contributed by atoms with E-state index in [0.717, 1.165) is 47.5 Å². The number of imidazole rings is 1. The second kappa shape index (κ2) is 14.2. The molecule has 36 heavy (non-hydrogen) atoms. The van der Waals surface area contributed by atoms with E-state index in [1.807, 2.05) is 36.4 Å². The van der Waals surface area contributed by atoms with Gasteiger partial charge in [0.15, 0.2) is 0 Å². The van der Waals surface area contributed by atoms with E-state index in [-0.39, 0.29) is 18.9 Å². The summed E-state index contributed by atoms with van der Waals surface area (Å²) in [6.45, 7) is 4.51. The summed E-state index contributed by atoms with van der Waals surface area (Å²) in [5.74, 6) is -0.459. The third-order valence-corrected chi connectivity index (χ3v) is 5.85. The number of aromatic amines is 1. The van der Waals surface area contributed by atoms with Gasteiger partial charge in [-0.2, -0.15) is 0 Å². The summed E-state index contributed by atoms with van der Waals surface area (Å²) >= 11 is 0. The lowest BCUT2D eigenvalue weighted by molar-refractivity contribution is -0.146. The summed E-state index contributed by atoms with van der Waals surface area (Å²) in [6.07, 6.45) is 4.84. The molecule has 0 aliphatic rings. The highest BCUT2D eigenvalue weighted by atomic mass is 16.6. The number of hydrogen-bond donors (Lipinski definition) is 3. The second-order valence-electron chi connectivity index (χ2n) is 8.73. The number of rotatable bonds is 15. The number of amides is 2. The zero-order valence-electron chi connectivity index (χ0n) is 21.1. The second-order valence-corrected chi connectivity index (χ2v) is 8.73. The number of nitrogens with one attached hydrogen (secondary N) is 3. The van der Waals surface area contributed by atoms with Crippen LogP contribution < -0.4 is 10.8 Å². The van der Waals surface area contributed by atoms with E-state index in [4.69, 9.17) is 14.6 Å². The van der Waals surface area contributed by atoms with E-state index in [1.54, 1.807) is 6.92 Å². The highest BCUT2D eigenvalue weighted by molar-refractivity contribution is 6.04. The molecule has 2 amide bonds. The molecule has 0 fully saturated rings. The van der Waals surface area contributed by atoms with Crippen LogP contribution in [0.1, 0.15) is 77.1 Å². The van der Waals surface area contributed by atoms with Crippen LogP contribution in [0.3, 0.4) is 0 Å². The Hall–Kier alpha value is -3.46. The van der Waals surface area contributed by atoms with Crippen molar-refractivity contribution in [1.29, 1.82) is 0 Å². The Labute approximate surface area is 211 Å². The molecule has 0 aliphatic heterocycles. The van der Waals surface area contributed by atoms with Crippen molar-refractivity contribution in [1.82, 2.24) is 20.8 Å². The number of ether oxygens (including phenoxy) is 1. The molecule has 1 heterocycles. The molecule has 0 saturated heterocycles. The third kappa shape index (κ3) is 8.05. The number of hydrogen-bond acceptors (Lipinski definition) is 6. The Balaban J connectivity index is 1.62. The van der Waals surface area contributed by atoms with Crippen LogP contribution in [0.2, 0.25) is 0 Å². The molecule has 0 unspecified atom stereocenters. The maximum Gasteiger partial charge on any atom is 0.315 e.